The van der Waals surface area contributed by atoms with Gasteiger partial charge >= 0.3 is 0 Å². The summed E-state index contributed by atoms with van der Waals surface area (Å²) in [5.41, 5.74) is 6.04. The highest BCUT2D eigenvalue weighted by atomic mass is 16.5. The lowest BCUT2D eigenvalue weighted by molar-refractivity contribution is 0.0947. The van der Waals surface area contributed by atoms with Gasteiger partial charge in [0.25, 0.3) is 5.91 Å². The van der Waals surface area contributed by atoms with Crippen molar-refractivity contribution in [2.75, 3.05) is 46.1 Å². The number of nitrogens with zero attached hydrogens (tertiary/aromatic N) is 2. The number of likely N-dealkylation sites (N-methyl/N-ethyl adjacent to an activating group) is 1. The summed E-state index contributed by atoms with van der Waals surface area (Å²) >= 11 is 0. The summed E-state index contributed by atoms with van der Waals surface area (Å²) in [6.07, 6.45) is 1.52. The number of carbonyl (C=O) groups is 1. The Labute approximate surface area is 107 Å². The summed E-state index contributed by atoms with van der Waals surface area (Å²) in [6.45, 7) is 2.89. The molecule has 0 aliphatic carbocycles. The van der Waals surface area contributed by atoms with E-state index in [2.05, 4.69) is 15.2 Å². The maximum absolute atomic E-state index is 11.8. The molecule has 18 heavy (non-hydrogen) atoms. The van der Waals surface area contributed by atoms with Gasteiger partial charge in [0.1, 0.15) is 5.82 Å². The van der Waals surface area contributed by atoms with Crippen LogP contribution in [-0.4, -0.2) is 56.2 Å². The van der Waals surface area contributed by atoms with E-state index in [0.29, 0.717) is 24.5 Å². The SMILES string of the molecule is COCCN(C)CCNC(=O)c1ccnc(N)c1. The summed E-state index contributed by atoms with van der Waals surface area (Å²) in [4.78, 5) is 17.7. The summed E-state index contributed by atoms with van der Waals surface area (Å²) in [7, 11) is 3.65. The lowest BCUT2D eigenvalue weighted by Gasteiger charge is -2.16. The Hall–Kier alpha value is -1.66. The molecule has 0 aliphatic heterocycles. The van der Waals surface area contributed by atoms with E-state index < -0.39 is 0 Å². The van der Waals surface area contributed by atoms with Crippen LogP contribution < -0.4 is 11.1 Å². The maximum Gasteiger partial charge on any atom is 0.251 e. The molecule has 6 nitrogen and oxygen atoms in total. The molecule has 3 N–H and O–H groups in total. The molecule has 0 bridgehead atoms. The monoisotopic (exact) mass is 252 g/mol. The molecule has 0 fully saturated rings. The van der Waals surface area contributed by atoms with Crippen molar-refractivity contribution in [3.63, 3.8) is 0 Å². The predicted octanol–water partition coefficient (Wildman–Crippen LogP) is -0.0282. The molecule has 0 saturated heterocycles. The van der Waals surface area contributed by atoms with Gasteiger partial charge in [0.15, 0.2) is 0 Å². The minimum absolute atomic E-state index is 0.135. The van der Waals surface area contributed by atoms with Crippen LogP contribution in [0.2, 0.25) is 0 Å². The van der Waals surface area contributed by atoms with Gasteiger partial charge in [0.2, 0.25) is 0 Å². The predicted molar refractivity (Wildman–Crippen MR) is 70.4 cm³/mol. The Morgan fingerprint density at radius 1 is 1.56 bits per heavy atom. The molecular formula is C12H20N4O2. The molecular weight excluding hydrogens is 232 g/mol. The number of carbonyl (C=O) groups excluding carboxylic acids is 1. The van der Waals surface area contributed by atoms with Crippen LogP contribution in [0.15, 0.2) is 18.3 Å². The number of nitrogens with two attached hydrogens (primary N) is 1. The average Bonchev–Trinajstić information content (AvgIpc) is 2.36. The average molecular weight is 252 g/mol. The van der Waals surface area contributed by atoms with E-state index in [1.165, 1.54) is 6.20 Å². The second-order valence-corrected chi connectivity index (χ2v) is 4.02. The third-order valence-corrected chi connectivity index (χ3v) is 2.50. The van der Waals surface area contributed by atoms with E-state index in [0.717, 1.165) is 13.1 Å². The molecule has 1 heterocycles. The maximum atomic E-state index is 11.8. The van der Waals surface area contributed by atoms with Gasteiger partial charge < -0.3 is 20.7 Å². The highest BCUT2D eigenvalue weighted by molar-refractivity contribution is 5.94. The Bertz CT molecular complexity index is 384. The van der Waals surface area contributed by atoms with Gasteiger partial charge in [-0.15, -0.1) is 0 Å². The van der Waals surface area contributed by atoms with Gasteiger partial charge in [0, 0.05) is 38.5 Å². The van der Waals surface area contributed by atoms with Crippen LogP contribution in [0.25, 0.3) is 0 Å². The molecule has 0 saturated carbocycles. The minimum Gasteiger partial charge on any atom is -0.384 e. The Balaban J connectivity index is 2.29. The van der Waals surface area contributed by atoms with Crippen LogP contribution in [0.5, 0.6) is 0 Å². The number of pyridine rings is 1. The lowest BCUT2D eigenvalue weighted by atomic mass is 10.2. The first-order chi connectivity index (χ1) is 8.63. The van der Waals surface area contributed by atoms with E-state index >= 15 is 0 Å². The van der Waals surface area contributed by atoms with Crippen molar-refractivity contribution in [3.05, 3.63) is 23.9 Å². The summed E-state index contributed by atoms with van der Waals surface area (Å²) in [5, 5.41) is 2.83. The fraction of sp³-hybridized carbons (Fsp3) is 0.500. The molecule has 0 aromatic carbocycles. The molecule has 0 atom stereocenters. The Morgan fingerprint density at radius 3 is 3.00 bits per heavy atom. The van der Waals surface area contributed by atoms with Crippen LogP contribution >= 0.6 is 0 Å². The van der Waals surface area contributed by atoms with Crippen molar-refractivity contribution in [1.29, 1.82) is 0 Å². The van der Waals surface area contributed by atoms with E-state index in [-0.39, 0.29) is 5.91 Å². The number of ether oxygens (including phenoxy) is 1. The summed E-state index contributed by atoms with van der Waals surface area (Å²) in [5.74, 6) is 0.212. The number of hydrogen-bond acceptors (Lipinski definition) is 5. The number of nitrogens with one attached hydrogen (secondary N) is 1. The second-order valence-electron chi connectivity index (χ2n) is 4.02. The van der Waals surface area contributed by atoms with Crippen LogP contribution in [-0.2, 0) is 4.74 Å². The van der Waals surface area contributed by atoms with Crippen molar-refractivity contribution in [3.8, 4) is 0 Å². The minimum atomic E-state index is -0.135. The topological polar surface area (TPSA) is 80.5 Å². The first-order valence-electron chi connectivity index (χ1n) is 5.80. The molecule has 1 aromatic rings. The van der Waals surface area contributed by atoms with Crippen molar-refractivity contribution in [2.45, 2.75) is 0 Å². The van der Waals surface area contributed by atoms with Crippen LogP contribution in [0.1, 0.15) is 10.4 Å². The zero-order valence-corrected chi connectivity index (χ0v) is 10.8. The molecule has 1 amide bonds. The van der Waals surface area contributed by atoms with E-state index in [1.807, 2.05) is 7.05 Å². The Morgan fingerprint density at radius 2 is 2.33 bits per heavy atom. The van der Waals surface area contributed by atoms with Crippen molar-refractivity contribution in [2.24, 2.45) is 0 Å². The van der Waals surface area contributed by atoms with Gasteiger partial charge in [-0.25, -0.2) is 4.98 Å². The van der Waals surface area contributed by atoms with Crippen molar-refractivity contribution in [1.82, 2.24) is 15.2 Å². The fourth-order valence-electron chi connectivity index (χ4n) is 1.41. The largest absolute Gasteiger partial charge is 0.384 e. The van der Waals surface area contributed by atoms with Crippen molar-refractivity contribution < 1.29 is 9.53 Å². The van der Waals surface area contributed by atoms with Crippen LogP contribution in [0.4, 0.5) is 5.82 Å². The number of aromatic nitrogens is 1. The molecule has 0 aliphatic rings. The zero-order chi connectivity index (χ0) is 13.4. The second kappa shape index (κ2) is 7.62. The summed E-state index contributed by atoms with van der Waals surface area (Å²) in [6, 6.07) is 3.20. The quantitative estimate of drug-likeness (QED) is 0.712. The molecule has 100 valence electrons. The molecule has 1 aromatic heterocycles. The molecule has 0 unspecified atom stereocenters. The van der Waals surface area contributed by atoms with Gasteiger partial charge in [-0.2, -0.15) is 0 Å². The smallest absolute Gasteiger partial charge is 0.251 e. The molecule has 0 spiro atoms. The van der Waals surface area contributed by atoms with Gasteiger partial charge in [-0.3, -0.25) is 4.79 Å². The number of amides is 1. The first kappa shape index (κ1) is 14.4. The third kappa shape index (κ3) is 5.11. The highest BCUT2D eigenvalue weighted by Gasteiger charge is 2.05. The van der Waals surface area contributed by atoms with Crippen molar-refractivity contribution >= 4 is 11.7 Å². The third-order valence-electron chi connectivity index (χ3n) is 2.50. The number of nitrogen functional groups attached to an aromatic ring is 1. The zero-order valence-electron chi connectivity index (χ0n) is 10.8. The lowest BCUT2D eigenvalue weighted by Crippen LogP contribution is -2.34. The number of anilines is 1. The normalized spacial score (nSPS) is 10.6. The molecule has 6 heteroatoms. The van der Waals surface area contributed by atoms with Crippen LogP contribution in [0.3, 0.4) is 0 Å². The van der Waals surface area contributed by atoms with E-state index in [4.69, 9.17) is 10.5 Å². The van der Waals surface area contributed by atoms with Gasteiger partial charge in [-0.05, 0) is 19.2 Å². The van der Waals surface area contributed by atoms with Gasteiger partial charge in [0.05, 0.1) is 6.61 Å². The highest BCUT2D eigenvalue weighted by Crippen LogP contribution is 2.02. The number of methoxy groups -OCH3 is 1. The number of hydrogen-bond donors (Lipinski definition) is 2. The fourth-order valence-corrected chi connectivity index (χ4v) is 1.41. The number of rotatable bonds is 7. The Kier molecular flexibility index (Phi) is 6.10. The van der Waals surface area contributed by atoms with E-state index in [9.17, 15) is 4.79 Å². The standard InChI is InChI=1S/C12H20N4O2/c1-16(7-8-18-2)6-5-15-12(17)10-3-4-14-11(13)9-10/h3-4,9H,5-8H2,1-2H3,(H2,13,14)(H,15,17). The van der Waals surface area contributed by atoms with Crippen LogP contribution in [0, 0.1) is 0 Å². The summed E-state index contributed by atoms with van der Waals surface area (Å²) < 4.78 is 4.97. The molecule has 0 radical (unpaired) electrons. The first-order valence-corrected chi connectivity index (χ1v) is 5.80. The van der Waals surface area contributed by atoms with E-state index in [1.54, 1.807) is 19.2 Å². The molecule has 1 rings (SSSR count). The van der Waals surface area contributed by atoms with Gasteiger partial charge in [-0.1, -0.05) is 0 Å².